The van der Waals surface area contributed by atoms with Gasteiger partial charge >= 0.3 is 0 Å². The molecule has 0 aromatic rings. The highest BCUT2D eigenvalue weighted by atomic mass is 16.3. The van der Waals surface area contributed by atoms with Crippen LogP contribution in [0.3, 0.4) is 0 Å². The Bertz CT molecular complexity index is 503. The lowest BCUT2D eigenvalue weighted by Crippen LogP contribution is -2.59. The van der Waals surface area contributed by atoms with Gasteiger partial charge in [-0.25, -0.2) is 0 Å². The molecule has 3 heteroatoms. The molecule has 3 N–H and O–H groups in total. The lowest BCUT2D eigenvalue weighted by Gasteiger charge is -2.64. The summed E-state index contributed by atoms with van der Waals surface area (Å²) in [7, 11) is 0. The first-order valence-electron chi connectivity index (χ1n) is 9.69. The fraction of sp³-hybridized carbons (Fsp3) is 1.00. The third kappa shape index (κ3) is 1.93. The van der Waals surface area contributed by atoms with E-state index in [0.717, 1.165) is 32.1 Å². The van der Waals surface area contributed by atoms with Gasteiger partial charge in [-0.3, -0.25) is 0 Å². The normalized spacial score (nSPS) is 57.7. The largest absolute Gasteiger partial charge is 0.393 e. The molecule has 4 aliphatic carbocycles. The molecule has 0 aliphatic heterocycles. The van der Waals surface area contributed by atoms with E-state index >= 15 is 0 Å². The summed E-state index contributed by atoms with van der Waals surface area (Å²) >= 11 is 0. The van der Waals surface area contributed by atoms with Gasteiger partial charge in [-0.2, -0.15) is 0 Å². The maximum absolute atomic E-state index is 10.9. The fourth-order valence-corrected chi connectivity index (χ4v) is 8.02. The summed E-state index contributed by atoms with van der Waals surface area (Å²) in [6.07, 6.45) is 8.39. The molecule has 0 aromatic carbocycles. The van der Waals surface area contributed by atoms with E-state index in [1.807, 2.05) is 0 Å². The summed E-state index contributed by atoms with van der Waals surface area (Å²) < 4.78 is 0. The minimum atomic E-state index is -0.832. The Labute approximate surface area is 140 Å². The van der Waals surface area contributed by atoms with Crippen molar-refractivity contribution in [2.75, 3.05) is 6.61 Å². The average Bonchev–Trinajstić information content (AvgIpc) is 2.70. The molecular weight excluding hydrogens is 288 g/mol. The highest BCUT2D eigenvalue weighted by molar-refractivity contribution is 5.17. The molecule has 23 heavy (non-hydrogen) atoms. The van der Waals surface area contributed by atoms with Crippen LogP contribution in [0.5, 0.6) is 0 Å². The fourth-order valence-electron chi connectivity index (χ4n) is 8.02. The highest BCUT2D eigenvalue weighted by Gasteiger charge is 2.67. The molecular formula is C20H34O3. The second-order valence-electron chi connectivity index (χ2n) is 10.3. The van der Waals surface area contributed by atoms with Gasteiger partial charge in [0.2, 0.25) is 0 Å². The van der Waals surface area contributed by atoms with Crippen molar-refractivity contribution < 1.29 is 15.3 Å². The lowest BCUT2D eigenvalue weighted by molar-refractivity contribution is -0.180. The molecule has 4 aliphatic rings. The lowest BCUT2D eigenvalue weighted by atomic mass is 9.41. The van der Waals surface area contributed by atoms with E-state index < -0.39 is 5.60 Å². The van der Waals surface area contributed by atoms with Crippen molar-refractivity contribution in [3.63, 3.8) is 0 Å². The van der Waals surface area contributed by atoms with Crippen molar-refractivity contribution >= 4 is 0 Å². The van der Waals surface area contributed by atoms with E-state index in [4.69, 9.17) is 0 Å². The molecule has 4 fully saturated rings. The maximum Gasteiger partial charge on any atom is 0.0910 e. The van der Waals surface area contributed by atoms with Crippen LogP contribution >= 0.6 is 0 Å². The molecule has 1 spiro atoms. The number of rotatable bonds is 1. The monoisotopic (exact) mass is 322 g/mol. The maximum atomic E-state index is 10.9. The van der Waals surface area contributed by atoms with E-state index in [2.05, 4.69) is 20.8 Å². The van der Waals surface area contributed by atoms with Crippen LogP contribution in [0.1, 0.15) is 72.1 Å². The van der Waals surface area contributed by atoms with Crippen molar-refractivity contribution in [1.82, 2.24) is 0 Å². The zero-order valence-corrected chi connectivity index (χ0v) is 15.0. The van der Waals surface area contributed by atoms with E-state index in [9.17, 15) is 15.3 Å². The number of hydrogen-bond acceptors (Lipinski definition) is 3. The minimum Gasteiger partial charge on any atom is -0.393 e. The molecule has 4 saturated carbocycles. The van der Waals surface area contributed by atoms with Crippen molar-refractivity contribution in [2.45, 2.75) is 83.8 Å². The number of hydrogen-bond donors (Lipinski definition) is 3. The van der Waals surface area contributed by atoms with Crippen LogP contribution in [0.25, 0.3) is 0 Å². The van der Waals surface area contributed by atoms with Crippen LogP contribution in [-0.2, 0) is 0 Å². The summed E-state index contributed by atoms with van der Waals surface area (Å²) in [5.74, 6) is 1.53. The smallest absolute Gasteiger partial charge is 0.0910 e. The van der Waals surface area contributed by atoms with E-state index in [0.29, 0.717) is 17.8 Å². The quantitative estimate of drug-likeness (QED) is 0.695. The van der Waals surface area contributed by atoms with E-state index in [1.165, 1.54) is 19.3 Å². The predicted molar refractivity (Wildman–Crippen MR) is 89.8 cm³/mol. The van der Waals surface area contributed by atoms with Crippen molar-refractivity contribution in [3.8, 4) is 0 Å². The zero-order chi connectivity index (χ0) is 16.7. The summed E-state index contributed by atoms with van der Waals surface area (Å²) in [5.41, 5.74) is -0.310. The molecule has 132 valence electrons. The van der Waals surface area contributed by atoms with Crippen LogP contribution in [0, 0.1) is 34.0 Å². The Morgan fingerprint density at radius 2 is 1.70 bits per heavy atom. The number of aliphatic hydroxyl groups excluding tert-OH is 2. The van der Waals surface area contributed by atoms with E-state index in [-0.39, 0.29) is 29.0 Å². The minimum absolute atomic E-state index is 0.00263. The SMILES string of the molecule is CC1(C)C(O)CC[C@]2(C)[C@@H]1CC[C@@]13CC(CC[C@H]12)[C@](O)(CO)C3. The van der Waals surface area contributed by atoms with Gasteiger partial charge in [-0.15, -0.1) is 0 Å². The zero-order valence-electron chi connectivity index (χ0n) is 15.0. The molecule has 0 aromatic heterocycles. The molecule has 0 saturated heterocycles. The second-order valence-corrected chi connectivity index (χ2v) is 10.3. The number of aliphatic hydroxyl groups is 3. The predicted octanol–water partition coefficient (Wildman–Crippen LogP) is 3.11. The standard InChI is InChI=1S/C20H34O3/c1-17(2)14-6-9-19-10-13(20(23,11-19)12-21)4-5-15(19)18(14,3)8-7-16(17)22/h13-16,21-23H,4-12H2,1-3H3/t13?,14-,15+,16?,18-,19+,20-/m1/s1. The first-order valence-corrected chi connectivity index (χ1v) is 9.69. The van der Waals surface area contributed by atoms with Crippen LogP contribution in [0.4, 0.5) is 0 Å². The Morgan fingerprint density at radius 3 is 2.39 bits per heavy atom. The first-order chi connectivity index (χ1) is 10.7. The first kappa shape index (κ1) is 16.4. The van der Waals surface area contributed by atoms with Crippen LogP contribution < -0.4 is 0 Å². The summed E-state index contributed by atoms with van der Waals surface area (Å²) in [4.78, 5) is 0. The Balaban J connectivity index is 1.72. The van der Waals surface area contributed by atoms with Gasteiger partial charge in [0.1, 0.15) is 0 Å². The summed E-state index contributed by atoms with van der Waals surface area (Å²) in [5, 5.41) is 31.3. The molecule has 0 heterocycles. The molecule has 4 rings (SSSR count). The van der Waals surface area contributed by atoms with Crippen LogP contribution in [0.15, 0.2) is 0 Å². The Kier molecular flexibility index (Phi) is 3.37. The van der Waals surface area contributed by atoms with Gasteiger partial charge in [-0.05, 0) is 85.4 Å². The van der Waals surface area contributed by atoms with Crippen LogP contribution in [-0.4, -0.2) is 33.6 Å². The average molecular weight is 322 g/mol. The van der Waals surface area contributed by atoms with Gasteiger partial charge < -0.3 is 15.3 Å². The molecule has 2 bridgehead atoms. The van der Waals surface area contributed by atoms with E-state index in [1.54, 1.807) is 0 Å². The van der Waals surface area contributed by atoms with Crippen LogP contribution in [0.2, 0.25) is 0 Å². The third-order valence-corrected chi connectivity index (χ3v) is 9.12. The molecule has 2 unspecified atom stereocenters. The summed E-state index contributed by atoms with van der Waals surface area (Å²) in [6, 6.07) is 0. The van der Waals surface area contributed by atoms with Gasteiger partial charge in [0.05, 0.1) is 18.3 Å². The molecule has 7 atom stereocenters. The third-order valence-electron chi connectivity index (χ3n) is 9.12. The second kappa shape index (κ2) is 4.74. The van der Waals surface area contributed by atoms with Gasteiger partial charge in [-0.1, -0.05) is 20.8 Å². The molecule has 3 nitrogen and oxygen atoms in total. The topological polar surface area (TPSA) is 60.7 Å². The summed E-state index contributed by atoms with van der Waals surface area (Å²) in [6.45, 7) is 6.94. The van der Waals surface area contributed by atoms with Gasteiger partial charge in [0, 0.05) is 0 Å². The van der Waals surface area contributed by atoms with Crippen molar-refractivity contribution in [3.05, 3.63) is 0 Å². The Morgan fingerprint density at radius 1 is 0.957 bits per heavy atom. The number of fused-ring (bicyclic) bond motifs is 3. The highest BCUT2D eigenvalue weighted by Crippen LogP contribution is 2.72. The van der Waals surface area contributed by atoms with Gasteiger partial charge in [0.15, 0.2) is 0 Å². The van der Waals surface area contributed by atoms with Gasteiger partial charge in [0.25, 0.3) is 0 Å². The molecule has 0 amide bonds. The van der Waals surface area contributed by atoms with Crippen molar-refractivity contribution in [2.24, 2.45) is 34.0 Å². The Hall–Kier alpha value is -0.120. The molecule has 0 radical (unpaired) electrons. The van der Waals surface area contributed by atoms with Crippen molar-refractivity contribution in [1.29, 1.82) is 0 Å².